The second kappa shape index (κ2) is 24.6. The van der Waals surface area contributed by atoms with Gasteiger partial charge in [0.15, 0.2) is 34.8 Å². The molecule has 0 fully saturated rings. The van der Waals surface area contributed by atoms with Crippen molar-refractivity contribution >= 4 is 21.5 Å². The maximum atomic E-state index is 15.4. The van der Waals surface area contributed by atoms with Crippen molar-refractivity contribution in [3.8, 4) is 39.5 Å². The Labute approximate surface area is 387 Å². The summed E-state index contributed by atoms with van der Waals surface area (Å²) in [5, 5.41) is -0.962. The molecule has 0 saturated heterocycles. The fourth-order valence-corrected chi connectivity index (χ4v) is 8.90. The van der Waals surface area contributed by atoms with Gasteiger partial charge in [-0.25, -0.2) is 30.7 Å². The Morgan fingerprint density at radius 3 is 1.49 bits per heavy atom. The Morgan fingerprint density at radius 2 is 0.896 bits per heavy atom. The van der Waals surface area contributed by atoms with Crippen LogP contribution in [0.5, 0.6) is 17.2 Å². The third-order valence-corrected chi connectivity index (χ3v) is 12.5. The van der Waals surface area contributed by atoms with Gasteiger partial charge in [0, 0.05) is 28.3 Å². The monoisotopic (exact) mass is 938 g/mol. The van der Waals surface area contributed by atoms with Crippen molar-refractivity contribution in [1.82, 2.24) is 0 Å². The fourth-order valence-electron chi connectivity index (χ4n) is 8.90. The average Bonchev–Trinajstić information content (AvgIpc) is 3.30. The minimum atomic E-state index is -1.47. The molecule has 6 rings (SSSR count). The van der Waals surface area contributed by atoms with Gasteiger partial charge in [-0.1, -0.05) is 121 Å². The van der Waals surface area contributed by atoms with Crippen LogP contribution in [0.15, 0.2) is 66.7 Å². The highest BCUT2D eigenvalue weighted by molar-refractivity contribution is 5.91. The van der Waals surface area contributed by atoms with Gasteiger partial charge in [-0.05, 0) is 85.3 Å². The van der Waals surface area contributed by atoms with Crippen LogP contribution in [0.4, 0.5) is 39.5 Å². The minimum absolute atomic E-state index is 0.0194. The molecule has 12 heteroatoms. The molecule has 0 radical (unpaired) electrons. The molecule has 6 aromatic rings. The topological polar surface area (TPSA) is 27.7 Å². The Balaban J connectivity index is 0.814. The van der Waals surface area contributed by atoms with Gasteiger partial charge in [0.05, 0.1) is 30.6 Å². The van der Waals surface area contributed by atoms with E-state index in [1.165, 1.54) is 100 Å². The molecular formula is C55H59F9O3. The number of fused-ring (bicyclic) bond motifs is 2. The summed E-state index contributed by atoms with van der Waals surface area (Å²) in [6.45, 7) is 5.89. The van der Waals surface area contributed by atoms with E-state index in [4.69, 9.17) is 14.2 Å². The number of halogens is 9. The van der Waals surface area contributed by atoms with Crippen molar-refractivity contribution < 1.29 is 53.7 Å². The van der Waals surface area contributed by atoms with E-state index in [-0.39, 0.29) is 52.2 Å². The van der Waals surface area contributed by atoms with Crippen molar-refractivity contribution in [2.75, 3.05) is 19.8 Å². The lowest BCUT2D eigenvalue weighted by molar-refractivity contribution is 0.284. The third-order valence-electron chi connectivity index (χ3n) is 12.5. The van der Waals surface area contributed by atoms with E-state index in [9.17, 15) is 17.6 Å². The number of rotatable bonds is 26. The number of ether oxygens (including phenoxy) is 3. The molecule has 0 aliphatic carbocycles. The zero-order chi connectivity index (χ0) is 48.0. The van der Waals surface area contributed by atoms with Gasteiger partial charge >= 0.3 is 0 Å². The van der Waals surface area contributed by atoms with Gasteiger partial charge in [0.2, 0.25) is 11.6 Å². The van der Waals surface area contributed by atoms with Crippen LogP contribution in [0.1, 0.15) is 122 Å². The highest BCUT2D eigenvalue weighted by atomic mass is 19.2. The number of hydrogen-bond donors (Lipinski definition) is 0. The number of benzene rings is 6. The van der Waals surface area contributed by atoms with Crippen LogP contribution >= 0.6 is 0 Å². The Kier molecular flexibility index (Phi) is 18.7. The van der Waals surface area contributed by atoms with Crippen molar-refractivity contribution in [3.63, 3.8) is 0 Å². The predicted molar refractivity (Wildman–Crippen MR) is 248 cm³/mol. The third kappa shape index (κ3) is 12.6. The zero-order valence-electron chi connectivity index (χ0n) is 38.5. The van der Waals surface area contributed by atoms with Crippen molar-refractivity contribution in [2.24, 2.45) is 5.92 Å². The molecule has 67 heavy (non-hydrogen) atoms. The summed E-state index contributed by atoms with van der Waals surface area (Å²) in [6, 6.07) is 14.3. The van der Waals surface area contributed by atoms with Crippen LogP contribution < -0.4 is 14.2 Å². The van der Waals surface area contributed by atoms with Gasteiger partial charge < -0.3 is 14.2 Å². The van der Waals surface area contributed by atoms with E-state index in [0.29, 0.717) is 24.7 Å². The Bertz CT molecular complexity index is 2610. The summed E-state index contributed by atoms with van der Waals surface area (Å²) < 4.78 is 150. The van der Waals surface area contributed by atoms with Crippen LogP contribution in [-0.4, -0.2) is 19.8 Å². The lowest BCUT2D eigenvalue weighted by atomic mass is 9.90. The summed E-state index contributed by atoms with van der Waals surface area (Å²) in [6.07, 6.45) is 17.1. The molecule has 1 atom stereocenters. The number of unbranched alkanes of at least 4 members (excludes halogenated alkanes) is 10. The summed E-state index contributed by atoms with van der Waals surface area (Å²) in [7, 11) is 0. The maximum absolute atomic E-state index is 15.4. The second-order valence-corrected chi connectivity index (χ2v) is 17.4. The fraction of sp³-hybridized carbons (Fsp3) is 0.418. The molecule has 0 aromatic heterocycles. The molecule has 0 aliphatic rings. The molecule has 0 N–H and O–H groups in total. The summed E-state index contributed by atoms with van der Waals surface area (Å²) in [4.78, 5) is 0. The highest BCUT2D eigenvalue weighted by Crippen LogP contribution is 2.39. The summed E-state index contributed by atoms with van der Waals surface area (Å²) >= 11 is 0. The van der Waals surface area contributed by atoms with Crippen LogP contribution in [0.3, 0.4) is 0 Å². The van der Waals surface area contributed by atoms with Gasteiger partial charge in [-0.3, -0.25) is 0 Å². The minimum Gasteiger partial charge on any atom is -0.493 e. The molecule has 0 saturated carbocycles. The first kappa shape index (κ1) is 51.0. The van der Waals surface area contributed by atoms with Crippen LogP contribution in [-0.2, 0) is 0 Å². The Hall–Kier alpha value is -5.39. The van der Waals surface area contributed by atoms with Crippen LogP contribution in [0.2, 0.25) is 0 Å². The number of aryl methyl sites for hydroxylation is 1. The molecular weight excluding hydrogens is 880 g/mol. The summed E-state index contributed by atoms with van der Waals surface area (Å²) in [5.41, 5.74) is -0.998. The molecule has 0 spiro atoms. The predicted octanol–water partition coefficient (Wildman–Crippen LogP) is 17.6. The largest absolute Gasteiger partial charge is 0.493 e. The maximum Gasteiger partial charge on any atom is 0.201 e. The van der Waals surface area contributed by atoms with Gasteiger partial charge in [-0.2, -0.15) is 8.78 Å². The average molecular weight is 939 g/mol. The second-order valence-electron chi connectivity index (χ2n) is 17.4. The number of hydrogen-bond acceptors (Lipinski definition) is 3. The van der Waals surface area contributed by atoms with Crippen molar-refractivity contribution in [2.45, 2.75) is 124 Å². The normalized spacial score (nSPS) is 12.1. The van der Waals surface area contributed by atoms with E-state index in [1.807, 2.05) is 0 Å². The van der Waals surface area contributed by atoms with Gasteiger partial charge in [0.25, 0.3) is 0 Å². The van der Waals surface area contributed by atoms with Gasteiger partial charge in [-0.15, -0.1) is 0 Å². The first-order chi connectivity index (χ1) is 32.4. The quantitative estimate of drug-likeness (QED) is 0.0401. The lowest BCUT2D eigenvalue weighted by Crippen LogP contribution is -2.03. The van der Waals surface area contributed by atoms with Gasteiger partial charge in [0.1, 0.15) is 23.2 Å². The smallest absolute Gasteiger partial charge is 0.201 e. The van der Waals surface area contributed by atoms with E-state index in [1.54, 1.807) is 13.0 Å². The van der Waals surface area contributed by atoms with Crippen LogP contribution in [0.25, 0.3) is 43.8 Å². The van der Waals surface area contributed by atoms with E-state index in [0.717, 1.165) is 63.9 Å². The zero-order valence-corrected chi connectivity index (χ0v) is 38.5. The molecule has 0 heterocycles. The summed E-state index contributed by atoms with van der Waals surface area (Å²) in [5.74, 6) is -10.5. The van der Waals surface area contributed by atoms with Crippen LogP contribution in [0, 0.1) is 65.2 Å². The standard InChI is InChI=1S/C55H59F9O3/c1-4-18-35(19-14-10-6-8-12-16-29-66-38-23-26-39(43(56)33-38)40-24-21-36-31-34(3)48(57)54(63)46(36)49(40)58)20-15-11-7-9-13-17-30-67-44-28-27-42(51(60)52(44)61)41-25-22-37-32-45(65-5-2)53(62)55(64)47(37)50(41)59/h21-28,31-33,35H,4-20,29-30H2,1-3H3. The highest BCUT2D eigenvalue weighted by Gasteiger charge is 2.24. The van der Waals surface area contributed by atoms with E-state index < -0.39 is 74.3 Å². The van der Waals surface area contributed by atoms with Crippen molar-refractivity contribution in [3.05, 3.63) is 125 Å². The first-order valence-electron chi connectivity index (χ1n) is 23.7. The molecule has 0 amide bonds. The van der Waals surface area contributed by atoms with E-state index in [2.05, 4.69) is 6.92 Å². The SMILES string of the molecule is CCCC(CCCCCCCCOc1ccc(-c2ccc3cc(C)c(F)c(F)c3c2F)c(F)c1)CCCCCCCCOc1ccc(-c2ccc3cc(OCC)c(F)c(F)c3c2F)c(F)c1F. The Morgan fingerprint density at radius 1 is 0.403 bits per heavy atom. The molecule has 0 aliphatic heterocycles. The molecule has 1 unspecified atom stereocenters. The molecule has 360 valence electrons. The van der Waals surface area contributed by atoms with Crippen molar-refractivity contribution in [1.29, 1.82) is 0 Å². The molecule has 6 aromatic carbocycles. The molecule has 0 bridgehead atoms. The lowest BCUT2D eigenvalue weighted by Gasteiger charge is -2.16. The van der Waals surface area contributed by atoms with E-state index >= 15 is 22.0 Å². The first-order valence-corrected chi connectivity index (χ1v) is 23.7. The molecule has 3 nitrogen and oxygen atoms in total.